The zero-order valence-corrected chi connectivity index (χ0v) is 18.3. The molecule has 3 nitrogen and oxygen atoms in total. The fraction of sp³-hybridized carbons (Fsp3) is 0.375. The van der Waals surface area contributed by atoms with Gasteiger partial charge in [-0.3, -0.25) is 4.79 Å². The Bertz CT molecular complexity index is 870. The Labute approximate surface area is 173 Å². The number of hydrogen-bond donors (Lipinski definition) is 0. The van der Waals surface area contributed by atoms with Crippen molar-refractivity contribution in [3.8, 4) is 0 Å². The molecule has 2 atom stereocenters. The Hall–Kier alpha value is -2.24. The Morgan fingerprint density at radius 1 is 1.07 bits per heavy atom. The molecular weight excluding hydrogens is 381 g/mol. The highest BCUT2D eigenvalue weighted by atomic mass is 28.4. The zero-order chi connectivity index (χ0) is 20.7. The Morgan fingerprint density at radius 2 is 1.62 bits per heavy atom. The van der Waals surface area contributed by atoms with Crippen LogP contribution in [0.4, 0.5) is 4.39 Å². The first kappa shape index (κ1) is 20.0. The maximum Gasteiger partial charge on any atom is 0.261 e. The van der Waals surface area contributed by atoms with Gasteiger partial charge in [-0.25, -0.2) is 4.39 Å². The summed E-state index contributed by atoms with van der Waals surface area (Å²) in [5.41, 5.74) is -0.677. The zero-order valence-electron chi connectivity index (χ0n) is 17.3. The third-order valence-corrected chi connectivity index (χ3v) is 11.2. The average Bonchev–Trinajstić information content (AvgIpc) is 3.18. The van der Waals surface area contributed by atoms with Crippen LogP contribution in [0.1, 0.15) is 27.2 Å². The van der Waals surface area contributed by atoms with E-state index in [0.717, 1.165) is 0 Å². The average molecular weight is 410 g/mol. The number of alkyl halides is 1. The molecule has 2 aromatic carbocycles. The van der Waals surface area contributed by atoms with Crippen molar-refractivity contribution in [2.45, 2.75) is 43.9 Å². The lowest BCUT2D eigenvalue weighted by molar-refractivity contribution is -0.127. The largest absolute Gasteiger partial charge is 0.405 e. The minimum atomic E-state index is -2.72. The molecule has 0 N–H and O–H groups in total. The van der Waals surface area contributed by atoms with E-state index in [1.54, 1.807) is 11.0 Å². The molecule has 0 saturated carbocycles. The summed E-state index contributed by atoms with van der Waals surface area (Å²) in [5.74, 6) is -0.115. The van der Waals surface area contributed by atoms with E-state index >= 15 is 0 Å². The van der Waals surface area contributed by atoms with Gasteiger partial charge in [-0.15, -0.1) is 0 Å². The molecule has 5 heteroatoms. The highest BCUT2D eigenvalue weighted by molar-refractivity contribution is 6.99. The van der Waals surface area contributed by atoms with E-state index in [-0.39, 0.29) is 17.5 Å². The minimum absolute atomic E-state index is 0.115. The van der Waals surface area contributed by atoms with Gasteiger partial charge in [0.1, 0.15) is 6.17 Å². The summed E-state index contributed by atoms with van der Waals surface area (Å²) in [6.45, 7) is 7.11. The van der Waals surface area contributed by atoms with E-state index in [0.29, 0.717) is 13.0 Å². The summed E-state index contributed by atoms with van der Waals surface area (Å²) in [7, 11) is -2.72. The fourth-order valence-corrected chi connectivity index (χ4v) is 9.52. The lowest BCUT2D eigenvalue weighted by atomic mass is 9.99. The lowest BCUT2D eigenvalue weighted by Crippen LogP contribution is -2.68. The topological polar surface area (TPSA) is 29.5 Å². The van der Waals surface area contributed by atoms with Crippen LogP contribution in [0, 0.1) is 0 Å². The van der Waals surface area contributed by atoms with E-state index in [1.807, 2.05) is 42.5 Å². The van der Waals surface area contributed by atoms with Crippen molar-refractivity contribution in [3.05, 3.63) is 72.8 Å². The fourth-order valence-electron chi connectivity index (χ4n) is 4.90. The predicted octanol–water partition coefficient (Wildman–Crippen LogP) is 3.44. The molecule has 1 amide bonds. The predicted molar refractivity (Wildman–Crippen MR) is 117 cm³/mol. The van der Waals surface area contributed by atoms with Crippen molar-refractivity contribution in [2.75, 3.05) is 13.2 Å². The van der Waals surface area contributed by atoms with Crippen molar-refractivity contribution < 1.29 is 13.6 Å². The van der Waals surface area contributed by atoms with Crippen molar-refractivity contribution in [1.82, 2.24) is 4.90 Å². The Morgan fingerprint density at radius 3 is 2.14 bits per heavy atom. The molecule has 0 bridgehead atoms. The molecule has 0 spiro atoms. The summed E-state index contributed by atoms with van der Waals surface area (Å²) >= 11 is 0. The quantitative estimate of drug-likeness (QED) is 0.708. The van der Waals surface area contributed by atoms with Gasteiger partial charge in [0.25, 0.3) is 8.32 Å². The number of hydrogen-bond acceptors (Lipinski definition) is 2. The van der Waals surface area contributed by atoms with Crippen molar-refractivity contribution in [3.63, 3.8) is 0 Å². The van der Waals surface area contributed by atoms with Crippen LogP contribution < -0.4 is 10.4 Å². The molecule has 2 heterocycles. The van der Waals surface area contributed by atoms with E-state index in [1.165, 1.54) is 10.4 Å². The molecule has 0 unspecified atom stereocenters. The first-order valence-corrected chi connectivity index (χ1v) is 12.1. The number of carbonyl (C=O) groups is 1. The Kier molecular flexibility index (Phi) is 4.99. The van der Waals surface area contributed by atoms with Crippen LogP contribution in [0.2, 0.25) is 5.04 Å². The van der Waals surface area contributed by atoms with Gasteiger partial charge in [0.15, 0.2) is 0 Å². The molecule has 0 aromatic heterocycles. The second kappa shape index (κ2) is 7.22. The summed E-state index contributed by atoms with van der Waals surface area (Å²) in [6, 6.07) is 20.8. The SMILES string of the molecule is CC(C)(C)[Si](OC[C@@]12C=CC(=O)N1C[C@H](F)C2)(c1ccccc1)c1ccccc1. The van der Waals surface area contributed by atoms with Crippen LogP contribution >= 0.6 is 0 Å². The van der Waals surface area contributed by atoms with E-state index in [4.69, 9.17) is 4.43 Å². The van der Waals surface area contributed by atoms with Crippen molar-refractivity contribution >= 4 is 24.6 Å². The van der Waals surface area contributed by atoms with Crippen LogP contribution in [0.15, 0.2) is 72.8 Å². The highest BCUT2D eigenvalue weighted by Gasteiger charge is 2.55. The second-order valence-electron chi connectivity index (χ2n) is 9.14. The third kappa shape index (κ3) is 3.26. The number of rotatable bonds is 5. The van der Waals surface area contributed by atoms with Gasteiger partial charge >= 0.3 is 0 Å². The van der Waals surface area contributed by atoms with Crippen LogP contribution in [0.5, 0.6) is 0 Å². The van der Waals surface area contributed by atoms with Gasteiger partial charge in [0, 0.05) is 12.5 Å². The first-order chi connectivity index (χ1) is 13.8. The number of benzene rings is 2. The first-order valence-electron chi connectivity index (χ1n) is 10.2. The third-order valence-electron chi connectivity index (χ3n) is 6.25. The van der Waals surface area contributed by atoms with Gasteiger partial charge in [0.05, 0.1) is 18.7 Å². The summed E-state index contributed by atoms with van der Waals surface area (Å²) in [6.07, 6.45) is 2.72. The molecule has 1 saturated heterocycles. The molecule has 2 aromatic rings. The molecule has 2 aliphatic rings. The van der Waals surface area contributed by atoms with Crippen LogP contribution in [-0.2, 0) is 9.22 Å². The number of nitrogens with zero attached hydrogens (tertiary/aromatic N) is 1. The monoisotopic (exact) mass is 409 g/mol. The number of halogens is 1. The molecule has 0 aliphatic carbocycles. The smallest absolute Gasteiger partial charge is 0.261 e. The van der Waals surface area contributed by atoms with Crippen LogP contribution in [-0.4, -0.2) is 44.0 Å². The highest BCUT2D eigenvalue weighted by Crippen LogP contribution is 2.41. The van der Waals surface area contributed by atoms with Gasteiger partial charge in [-0.1, -0.05) is 87.5 Å². The normalized spacial score (nSPS) is 24.2. The lowest BCUT2D eigenvalue weighted by Gasteiger charge is -2.45. The van der Waals surface area contributed by atoms with Gasteiger partial charge < -0.3 is 9.33 Å². The number of fused-ring (bicyclic) bond motifs is 1. The summed E-state index contributed by atoms with van der Waals surface area (Å²) in [4.78, 5) is 13.9. The van der Waals surface area contributed by atoms with Crippen LogP contribution in [0.3, 0.4) is 0 Å². The molecule has 4 rings (SSSR count). The van der Waals surface area contributed by atoms with Crippen molar-refractivity contribution in [1.29, 1.82) is 0 Å². The number of amides is 1. The van der Waals surface area contributed by atoms with E-state index in [2.05, 4.69) is 45.0 Å². The molecule has 29 heavy (non-hydrogen) atoms. The maximum absolute atomic E-state index is 14.3. The number of carbonyl (C=O) groups excluding carboxylic acids is 1. The molecule has 0 radical (unpaired) electrons. The standard InChI is InChI=1S/C24H28FNO2Si/c1-23(2,3)29(20-10-6-4-7-11-20,21-12-8-5-9-13-21)28-18-24-15-14-22(27)26(24)17-19(25)16-24/h4-15,19H,16-18H2,1-3H3/t19-,24+/m1/s1. The van der Waals surface area contributed by atoms with Gasteiger partial charge in [-0.05, 0) is 15.4 Å². The summed E-state index contributed by atoms with van der Waals surface area (Å²) < 4.78 is 21.3. The van der Waals surface area contributed by atoms with Crippen molar-refractivity contribution in [2.24, 2.45) is 0 Å². The molecule has 2 aliphatic heterocycles. The molecule has 152 valence electrons. The maximum atomic E-state index is 14.3. The van der Waals surface area contributed by atoms with Crippen LogP contribution in [0.25, 0.3) is 0 Å². The van der Waals surface area contributed by atoms with Gasteiger partial charge in [0.2, 0.25) is 5.91 Å². The van der Waals surface area contributed by atoms with E-state index < -0.39 is 20.0 Å². The molecular formula is C24H28FNO2Si. The minimum Gasteiger partial charge on any atom is -0.405 e. The Balaban J connectivity index is 1.80. The summed E-state index contributed by atoms with van der Waals surface area (Å²) in [5, 5.41) is 2.21. The van der Waals surface area contributed by atoms with Gasteiger partial charge in [-0.2, -0.15) is 0 Å². The van der Waals surface area contributed by atoms with E-state index in [9.17, 15) is 9.18 Å². The second-order valence-corrected chi connectivity index (χ2v) is 13.4. The molecule has 1 fully saturated rings.